The summed E-state index contributed by atoms with van der Waals surface area (Å²) in [5.74, 6) is -1.10. The first-order valence-electron chi connectivity index (χ1n) is 7.94. The number of anilines is 1. The largest absolute Gasteiger partial charge is 0.478 e. The molecule has 0 atom stereocenters. The van der Waals surface area contributed by atoms with Crippen LogP contribution in [0.3, 0.4) is 0 Å². The number of benzene rings is 2. The molecule has 2 aromatic carbocycles. The summed E-state index contributed by atoms with van der Waals surface area (Å²) in [5, 5.41) is 11.7. The highest BCUT2D eigenvalue weighted by atomic mass is 16.4. The number of carbonyl (C=O) groups is 3. The second kappa shape index (κ2) is 6.76. The number of hydrogen-bond acceptors (Lipinski definition) is 3. The van der Waals surface area contributed by atoms with Gasteiger partial charge in [0.05, 0.1) is 5.56 Å². The van der Waals surface area contributed by atoms with Crippen LogP contribution >= 0.6 is 0 Å². The van der Waals surface area contributed by atoms with Crippen molar-refractivity contribution in [3.05, 3.63) is 64.7 Å². The highest BCUT2D eigenvalue weighted by Gasteiger charge is 2.18. The summed E-state index contributed by atoms with van der Waals surface area (Å²) in [4.78, 5) is 36.5. The fourth-order valence-corrected chi connectivity index (χ4v) is 2.84. The van der Waals surface area contributed by atoms with Gasteiger partial charge in [0, 0.05) is 31.3 Å². The zero-order valence-electron chi connectivity index (χ0n) is 13.8. The molecule has 2 aromatic rings. The van der Waals surface area contributed by atoms with Crippen molar-refractivity contribution < 1.29 is 19.5 Å². The van der Waals surface area contributed by atoms with Crippen molar-refractivity contribution in [2.45, 2.75) is 19.4 Å². The van der Waals surface area contributed by atoms with E-state index in [2.05, 4.69) is 5.32 Å². The van der Waals surface area contributed by atoms with E-state index in [1.807, 2.05) is 6.07 Å². The molecule has 1 aliphatic heterocycles. The molecule has 128 valence electrons. The van der Waals surface area contributed by atoms with Crippen molar-refractivity contribution in [3.8, 4) is 0 Å². The number of nitrogens with zero attached hydrogens (tertiary/aromatic N) is 1. The highest BCUT2D eigenvalue weighted by molar-refractivity contribution is 5.97. The van der Waals surface area contributed by atoms with E-state index in [1.54, 1.807) is 36.2 Å². The predicted molar refractivity (Wildman–Crippen MR) is 92.6 cm³/mol. The number of nitrogens with one attached hydrogen (secondary N) is 1. The molecule has 0 aliphatic carbocycles. The van der Waals surface area contributed by atoms with Gasteiger partial charge < -0.3 is 15.3 Å². The summed E-state index contributed by atoms with van der Waals surface area (Å²) in [6.07, 6.45) is 1.05. The van der Waals surface area contributed by atoms with Crippen LogP contribution in [0.5, 0.6) is 0 Å². The molecule has 25 heavy (non-hydrogen) atoms. The van der Waals surface area contributed by atoms with Gasteiger partial charge in [-0.15, -0.1) is 0 Å². The lowest BCUT2D eigenvalue weighted by molar-refractivity contribution is -0.116. The Balaban J connectivity index is 1.72. The van der Waals surface area contributed by atoms with E-state index in [9.17, 15) is 14.4 Å². The zero-order chi connectivity index (χ0) is 18.0. The molecule has 1 heterocycles. The molecule has 1 aliphatic rings. The summed E-state index contributed by atoms with van der Waals surface area (Å²) in [6.45, 7) is 0.382. The number of carboxylic acids is 1. The van der Waals surface area contributed by atoms with Gasteiger partial charge in [-0.25, -0.2) is 4.79 Å². The second-order valence-corrected chi connectivity index (χ2v) is 6.08. The third-order valence-corrected chi connectivity index (χ3v) is 4.22. The van der Waals surface area contributed by atoms with E-state index in [-0.39, 0.29) is 17.4 Å². The Morgan fingerprint density at radius 2 is 1.76 bits per heavy atom. The maximum atomic E-state index is 12.6. The fraction of sp³-hybridized carbons (Fsp3) is 0.211. The van der Waals surface area contributed by atoms with Crippen LogP contribution in [0.25, 0.3) is 0 Å². The predicted octanol–water partition coefficient (Wildman–Crippen LogP) is 2.54. The van der Waals surface area contributed by atoms with Crippen molar-refractivity contribution >= 4 is 23.5 Å². The number of rotatable bonds is 4. The summed E-state index contributed by atoms with van der Waals surface area (Å²) in [5.41, 5.74) is 3.37. The van der Waals surface area contributed by atoms with Crippen LogP contribution < -0.4 is 5.32 Å². The first-order valence-corrected chi connectivity index (χ1v) is 7.94. The number of carbonyl (C=O) groups excluding carboxylic acids is 2. The SMILES string of the molecule is CN(Cc1ccc(C(=O)O)cc1)C(=O)c1ccc2c(c1)CCC(=O)N2. The standard InChI is InChI=1S/C19H18N2O4/c1-21(11-12-2-4-13(5-3-12)19(24)25)18(23)15-6-8-16-14(10-15)7-9-17(22)20-16/h2-6,8,10H,7,9,11H2,1H3,(H,20,22)(H,24,25). The number of amides is 2. The summed E-state index contributed by atoms with van der Waals surface area (Å²) in [6, 6.07) is 11.7. The quantitative estimate of drug-likeness (QED) is 0.897. The minimum atomic E-state index is -0.975. The van der Waals surface area contributed by atoms with Crippen LogP contribution in [0.4, 0.5) is 5.69 Å². The second-order valence-electron chi connectivity index (χ2n) is 6.08. The normalized spacial score (nSPS) is 12.9. The number of aromatic carboxylic acids is 1. The molecule has 0 saturated carbocycles. The average molecular weight is 338 g/mol. The minimum absolute atomic E-state index is 0.00602. The van der Waals surface area contributed by atoms with Gasteiger partial charge in [-0.1, -0.05) is 12.1 Å². The minimum Gasteiger partial charge on any atom is -0.478 e. The van der Waals surface area contributed by atoms with Gasteiger partial charge in [0.2, 0.25) is 5.91 Å². The number of fused-ring (bicyclic) bond motifs is 1. The van der Waals surface area contributed by atoms with Crippen LogP contribution in [-0.2, 0) is 17.8 Å². The number of aryl methyl sites for hydroxylation is 1. The van der Waals surface area contributed by atoms with Crippen molar-refractivity contribution in [2.24, 2.45) is 0 Å². The highest BCUT2D eigenvalue weighted by Crippen LogP contribution is 2.24. The molecule has 0 fully saturated rings. The van der Waals surface area contributed by atoms with Gasteiger partial charge in [0.25, 0.3) is 5.91 Å². The number of carboxylic acid groups (broad SMARTS) is 1. The van der Waals surface area contributed by atoms with Crippen molar-refractivity contribution in [3.63, 3.8) is 0 Å². The average Bonchev–Trinajstić information content (AvgIpc) is 2.61. The summed E-state index contributed by atoms with van der Waals surface area (Å²) < 4.78 is 0. The van der Waals surface area contributed by atoms with E-state index in [0.29, 0.717) is 24.9 Å². The van der Waals surface area contributed by atoms with E-state index in [4.69, 9.17) is 5.11 Å². The molecule has 0 bridgehead atoms. The Morgan fingerprint density at radius 1 is 1.08 bits per heavy atom. The smallest absolute Gasteiger partial charge is 0.335 e. The molecule has 6 heteroatoms. The molecule has 6 nitrogen and oxygen atoms in total. The molecular formula is C19H18N2O4. The van der Waals surface area contributed by atoms with Crippen molar-refractivity contribution in [1.82, 2.24) is 4.90 Å². The maximum absolute atomic E-state index is 12.6. The van der Waals surface area contributed by atoms with Gasteiger partial charge in [-0.2, -0.15) is 0 Å². The Bertz CT molecular complexity index is 843. The molecule has 0 unspecified atom stereocenters. The molecule has 0 radical (unpaired) electrons. The number of hydrogen-bond donors (Lipinski definition) is 2. The molecule has 2 N–H and O–H groups in total. The van der Waals surface area contributed by atoms with E-state index >= 15 is 0 Å². The first-order chi connectivity index (χ1) is 11.9. The van der Waals surface area contributed by atoms with Crippen LogP contribution in [0.1, 0.15) is 38.3 Å². The molecule has 3 rings (SSSR count). The first kappa shape index (κ1) is 16.7. The molecule has 0 spiro atoms. The van der Waals surface area contributed by atoms with Gasteiger partial charge in [0.15, 0.2) is 0 Å². The lowest BCUT2D eigenvalue weighted by atomic mass is 10.00. The van der Waals surface area contributed by atoms with Crippen molar-refractivity contribution in [2.75, 3.05) is 12.4 Å². The van der Waals surface area contributed by atoms with Crippen LogP contribution in [0, 0.1) is 0 Å². The Kier molecular flexibility index (Phi) is 4.52. The lowest BCUT2D eigenvalue weighted by Crippen LogP contribution is -2.27. The van der Waals surface area contributed by atoms with Crippen LogP contribution in [0.15, 0.2) is 42.5 Å². The molecular weight excluding hydrogens is 320 g/mol. The third-order valence-electron chi connectivity index (χ3n) is 4.22. The molecule has 0 aromatic heterocycles. The van der Waals surface area contributed by atoms with Crippen molar-refractivity contribution in [1.29, 1.82) is 0 Å². The topological polar surface area (TPSA) is 86.7 Å². The fourth-order valence-electron chi connectivity index (χ4n) is 2.84. The summed E-state index contributed by atoms with van der Waals surface area (Å²) >= 11 is 0. The monoisotopic (exact) mass is 338 g/mol. The maximum Gasteiger partial charge on any atom is 0.335 e. The third kappa shape index (κ3) is 3.68. The van der Waals surface area contributed by atoms with E-state index in [0.717, 1.165) is 16.8 Å². The van der Waals surface area contributed by atoms with Gasteiger partial charge in [0.1, 0.15) is 0 Å². The Labute approximate surface area is 145 Å². The van der Waals surface area contributed by atoms with E-state index in [1.165, 1.54) is 12.1 Å². The van der Waals surface area contributed by atoms with Crippen LogP contribution in [0.2, 0.25) is 0 Å². The van der Waals surface area contributed by atoms with Gasteiger partial charge >= 0.3 is 5.97 Å². The Hall–Kier alpha value is -3.15. The van der Waals surface area contributed by atoms with Gasteiger partial charge in [-0.3, -0.25) is 9.59 Å². The van der Waals surface area contributed by atoms with Crippen LogP contribution in [-0.4, -0.2) is 34.8 Å². The van der Waals surface area contributed by atoms with Gasteiger partial charge in [-0.05, 0) is 47.9 Å². The van der Waals surface area contributed by atoms with E-state index < -0.39 is 5.97 Å². The lowest BCUT2D eigenvalue weighted by Gasteiger charge is -2.20. The molecule has 0 saturated heterocycles. The zero-order valence-corrected chi connectivity index (χ0v) is 13.8. The Morgan fingerprint density at radius 3 is 2.44 bits per heavy atom. The summed E-state index contributed by atoms with van der Waals surface area (Å²) in [7, 11) is 1.70. The molecule has 2 amide bonds.